The first-order valence-corrected chi connectivity index (χ1v) is 13.6. The number of aromatic nitrogens is 4. The molecule has 0 aliphatic heterocycles. The number of nitrogens with zero attached hydrogens (tertiary/aromatic N) is 3. The normalized spacial score (nSPS) is 13.7. The summed E-state index contributed by atoms with van der Waals surface area (Å²) in [5.74, 6) is 1.74. The summed E-state index contributed by atoms with van der Waals surface area (Å²) in [6, 6.07) is 26.6. The molecular weight excluding hydrogens is 500 g/mol. The number of hydrogen-bond acceptors (Lipinski definition) is 5. The Hall–Kier alpha value is -4.43. The Kier molecular flexibility index (Phi) is 7.98. The van der Waals surface area contributed by atoms with E-state index in [-0.39, 0.29) is 5.92 Å². The monoisotopic (exact) mass is 536 g/mol. The van der Waals surface area contributed by atoms with Gasteiger partial charge in [0.05, 0.1) is 19.2 Å². The lowest BCUT2D eigenvalue weighted by Crippen LogP contribution is -2.50. The van der Waals surface area contributed by atoms with Crippen molar-refractivity contribution in [3.8, 4) is 5.75 Å². The van der Waals surface area contributed by atoms with Gasteiger partial charge in [0.1, 0.15) is 17.4 Å². The number of nitrogens with two attached hydrogens (primary N) is 2. The summed E-state index contributed by atoms with van der Waals surface area (Å²) in [7, 11) is 1.66. The quantitative estimate of drug-likeness (QED) is 0.216. The first-order valence-electron chi connectivity index (χ1n) is 13.6. The largest absolute Gasteiger partial charge is 0.497 e. The highest BCUT2D eigenvalue weighted by molar-refractivity contribution is 5.84. The summed E-state index contributed by atoms with van der Waals surface area (Å²) < 4.78 is 7.54. The average Bonchev–Trinajstić information content (AvgIpc) is 3.56. The van der Waals surface area contributed by atoms with Crippen molar-refractivity contribution in [1.82, 2.24) is 19.7 Å². The van der Waals surface area contributed by atoms with Crippen LogP contribution in [0.25, 0.3) is 10.9 Å². The van der Waals surface area contributed by atoms with Gasteiger partial charge in [-0.05, 0) is 61.1 Å². The maximum atomic E-state index is 12.3. The summed E-state index contributed by atoms with van der Waals surface area (Å²) in [6.45, 7) is 2.27. The number of nitrogens with one attached hydrogen (secondary N) is 1. The summed E-state index contributed by atoms with van der Waals surface area (Å²) in [5, 5.41) is 10.5. The molecule has 2 heterocycles. The molecule has 3 aromatic carbocycles. The molecule has 8 heteroatoms. The molecule has 206 valence electrons. The van der Waals surface area contributed by atoms with E-state index < -0.39 is 11.4 Å². The molecule has 2 aromatic heterocycles. The minimum absolute atomic E-state index is 0.196. The lowest BCUT2D eigenvalue weighted by molar-refractivity contribution is -0.122. The van der Waals surface area contributed by atoms with Crippen LogP contribution in [0.1, 0.15) is 47.6 Å². The topological polar surface area (TPSA) is 125 Å². The Balaban J connectivity index is 1.54. The lowest BCUT2D eigenvalue weighted by Gasteiger charge is -2.27. The fraction of sp³-hybridized carbons (Fsp3) is 0.281. The summed E-state index contributed by atoms with van der Waals surface area (Å²) >= 11 is 0. The van der Waals surface area contributed by atoms with Crippen LogP contribution >= 0.6 is 0 Å². The van der Waals surface area contributed by atoms with E-state index in [2.05, 4.69) is 51.0 Å². The Labute approximate surface area is 234 Å². The first kappa shape index (κ1) is 27.1. The molecule has 8 nitrogen and oxygen atoms in total. The molecule has 5 aromatic rings. The zero-order chi connectivity index (χ0) is 28.1. The molecule has 2 atom stereocenters. The van der Waals surface area contributed by atoms with Gasteiger partial charge < -0.3 is 25.8 Å². The summed E-state index contributed by atoms with van der Waals surface area (Å²) in [5.41, 5.74) is 15.5. The molecule has 0 aliphatic rings. The van der Waals surface area contributed by atoms with E-state index >= 15 is 0 Å². The fourth-order valence-electron chi connectivity index (χ4n) is 5.26. The van der Waals surface area contributed by atoms with Crippen LogP contribution in [-0.4, -0.2) is 38.3 Å². The van der Waals surface area contributed by atoms with Crippen LogP contribution < -0.4 is 16.2 Å². The summed E-state index contributed by atoms with van der Waals surface area (Å²) in [6.07, 6.45) is 4.55. The van der Waals surface area contributed by atoms with Crippen molar-refractivity contribution < 1.29 is 9.53 Å². The smallest absolute Gasteiger partial charge is 0.237 e. The number of para-hydroxylation sites is 1. The number of primary amides is 1. The zero-order valence-corrected chi connectivity index (χ0v) is 23.0. The predicted molar refractivity (Wildman–Crippen MR) is 157 cm³/mol. The van der Waals surface area contributed by atoms with Gasteiger partial charge in [0.2, 0.25) is 5.91 Å². The Morgan fingerprint density at radius 1 is 0.975 bits per heavy atom. The molecule has 5 rings (SSSR count). The van der Waals surface area contributed by atoms with Crippen molar-refractivity contribution in [2.45, 2.75) is 50.6 Å². The molecule has 40 heavy (non-hydrogen) atoms. The van der Waals surface area contributed by atoms with E-state index in [1.807, 2.05) is 48.7 Å². The second-order valence-corrected chi connectivity index (χ2v) is 10.6. The molecule has 0 bridgehead atoms. The highest BCUT2D eigenvalue weighted by atomic mass is 16.5. The molecule has 0 aliphatic carbocycles. The van der Waals surface area contributed by atoms with Crippen LogP contribution in [0.4, 0.5) is 0 Å². The van der Waals surface area contributed by atoms with Crippen LogP contribution in [0, 0.1) is 0 Å². The van der Waals surface area contributed by atoms with Gasteiger partial charge in [-0.25, -0.2) is 0 Å². The molecule has 0 fully saturated rings. The molecular formula is C32H36N6O2. The van der Waals surface area contributed by atoms with E-state index in [0.29, 0.717) is 19.4 Å². The van der Waals surface area contributed by atoms with Crippen LogP contribution in [0.2, 0.25) is 0 Å². The number of amides is 1. The lowest BCUT2D eigenvalue weighted by atomic mass is 9.84. The van der Waals surface area contributed by atoms with Gasteiger partial charge >= 0.3 is 0 Å². The Morgan fingerprint density at radius 2 is 1.70 bits per heavy atom. The number of hydrogen-bond donors (Lipinski definition) is 3. The van der Waals surface area contributed by atoms with Gasteiger partial charge in [0, 0.05) is 29.4 Å². The van der Waals surface area contributed by atoms with Crippen LogP contribution in [0.3, 0.4) is 0 Å². The number of aryl methyl sites for hydroxylation is 2. The minimum atomic E-state index is -1.21. The van der Waals surface area contributed by atoms with Gasteiger partial charge in [0.25, 0.3) is 0 Å². The van der Waals surface area contributed by atoms with Gasteiger partial charge in [-0.15, -0.1) is 10.2 Å². The van der Waals surface area contributed by atoms with Crippen LogP contribution in [0.15, 0.2) is 85.1 Å². The second kappa shape index (κ2) is 11.8. The number of benzene rings is 3. The third kappa shape index (κ3) is 6.07. The van der Waals surface area contributed by atoms with Crippen LogP contribution in [0.5, 0.6) is 5.75 Å². The van der Waals surface area contributed by atoms with E-state index in [9.17, 15) is 4.79 Å². The maximum Gasteiger partial charge on any atom is 0.237 e. The van der Waals surface area contributed by atoms with Gasteiger partial charge in [-0.2, -0.15) is 0 Å². The molecule has 5 N–H and O–H groups in total. The SMILES string of the molecule is COc1ccc(Cn2c(CCc3ccccc3)nnc2C(Cc2c[nH]c3ccccc23)C[C@](C)(N)C(N)=O)cc1. The zero-order valence-electron chi connectivity index (χ0n) is 23.0. The fourth-order valence-corrected chi connectivity index (χ4v) is 5.26. The molecule has 1 unspecified atom stereocenters. The van der Waals surface area contributed by atoms with E-state index in [4.69, 9.17) is 21.3 Å². The predicted octanol–water partition coefficient (Wildman–Crippen LogP) is 4.52. The molecule has 1 amide bonds. The number of H-pyrrole nitrogens is 1. The van der Waals surface area contributed by atoms with Gasteiger partial charge in [0.15, 0.2) is 0 Å². The number of aromatic amines is 1. The molecule has 0 saturated heterocycles. The Bertz CT molecular complexity index is 1570. The van der Waals surface area contributed by atoms with Crippen LogP contribution in [-0.2, 0) is 30.6 Å². The highest BCUT2D eigenvalue weighted by Gasteiger charge is 2.33. The summed E-state index contributed by atoms with van der Waals surface area (Å²) in [4.78, 5) is 15.7. The van der Waals surface area contributed by atoms with Gasteiger partial charge in [-0.3, -0.25) is 4.79 Å². The van der Waals surface area contributed by atoms with Crippen molar-refractivity contribution >= 4 is 16.8 Å². The standard InChI is InChI=1S/C32H36N6O2/c1-32(34,31(33)39)19-24(18-25-20-35-28-11-7-6-10-27(25)28)30-37-36-29(17-14-22-8-4-3-5-9-22)38(30)21-23-12-15-26(40-2)16-13-23/h3-13,15-16,20,24,35H,14,17-19,21,34H2,1-2H3,(H2,33,39)/t24?,32-/m0/s1. The van der Waals surface area contributed by atoms with E-state index in [1.54, 1.807) is 14.0 Å². The number of carbonyl (C=O) groups excluding carboxylic acids is 1. The number of methoxy groups -OCH3 is 1. The third-order valence-corrected chi connectivity index (χ3v) is 7.58. The minimum Gasteiger partial charge on any atom is -0.497 e. The number of rotatable bonds is 12. The average molecular weight is 537 g/mol. The van der Waals surface area contributed by atoms with Crippen molar-refractivity contribution in [3.63, 3.8) is 0 Å². The number of carbonyl (C=O) groups is 1. The third-order valence-electron chi connectivity index (χ3n) is 7.58. The molecule has 0 spiro atoms. The maximum absolute atomic E-state index is 12.3. The second-order valence-electron chi connectivity index (χ2n) is 10.6. The number of fused-ring (bicyclic) bond motifs is 1. The van der Waals surface area contributed by atoms with Crippen molar-refractivity contribution in [1.29, 1.82) is 0 Å². The highest BCUT2D eigenvalue weighted by Crippen LogP contribution is 2.32. The van der Waals surface area contributed by atoms with Crippen molar-refractivity contribution in [2.75, 3.05) is 7.11 Å². The first-order chi connectivity index (χ1) is 19.3. The Morgan fingerprint density at radius 3 is 2.42 bits per heavy atom. The molecule has 0 radical (unpaired) electrons. The van der Waals surface area contributed by atoms with Crippen molar-refractivity contribution in [3.05, 3.63) is 113 Å². The van der Waals surface area contributed by atoms with Gasteiger partial charge in [-0.1, -0.05) is 60.7 Å². The molecule has 0 saturated carbocycles. The van der Waals surface area contributed by atoms with E-state index in [1.165, 1.54) is 5.56 Å². The van der Waals surface area contributed by atoms with E-state index in [0.717, 1.165) is 52.3 Å². The van der Waals surface area contributed by atoms with Crippen molar-refractivity contribution in [2.24, 2.45) is 11.5 Å². The number of ether oxygens (including phenoxy) is 1.